The molecule has 2 aromatic rings. The van der Waals surface area contributed by atoms with Crippen LogP contribution in [0.5, 0.6) is 5.75 Å². The number of aromatic nitrogens is 1. The summed E-state index contributed by atoms with van der Waals surface area (Å²) in [6.07, 6.45) is 0.139. The number of benzene rings is 1. The van der Waals surface area contributed by atoms with E-state index in [-0.39, 0.29) is 18.9 Å². The number of nitrogens with one attached hydrogen (secondary N) is 1. The minimum absolute atomic E-state index is 0.139. The number of rotatable bonds is 6. The lowest BCUT2D eigenvalue weighted by molar-refractivity contribution is -0.120. The van der Waals surface area contributed by atoms with Gasteiger partial charge in [0.15, 0.2) is 11.7 Å². The Bertz CT molecular complexity index is 656. The maximum atomic E-state index is 11.9. The molecule has 0 saturated carbocycles. The fourth-order valence-corrected chi connectivity index (χ4v) is 2.15. The van der Waals surface area contributed by atoms with Crippen LogP contribution in [0.15, 0.2) is 29.6 Å². The van der Waals surface area contributed by atoms with E-state index in [0.29, 0.717) is 22.3 Å². The molecule has 110 valence electrons. The molecule has 1 heterocycles. The van der Waals surface area contributed by atoms with Gasteiger partial charge < -0.3 is 21.5 Å². The topological polar surface area (TPSA) is 120 Å². The molecule has 7 nitrogen and oxygen atoms in total. The lowest BCUT2D eigenvalue weighted by Crippen LogP contribution is -2.20. The first kappa shape index (κ1) is 14.8. The standard InChI is InChI=1S/C13H14N4O3S/c14-11(18)6-20-10-3-1-2-8(4-10)16-12(19)5-9-7-21-13(15)17-9/h1-4,7H,5-6H2,(H2,14,18)(H2,15,17)(H,16,19). The largest absolute Gasteiger partial charge is 0.484 e. The second-order valence-electron chi connectivity index (χ2n) is 4.18. The first-order chi connectivity index (χ1) is 10.0. The van der Waals surface area contributed by atoms with E-state index in [1.54, 1.807) is 29.6 Å². The zero-order valence-corrected chi connectivity index (χ0v) is 11.9. The third kappa shape index (κ3) is 4.77. The van der Waals surface area contributed by atoms with E-state index < -0.39 is 5.91 Å². The second kappa shape index (κ2) is 6.71. The van der Waals surface area contributed by atoms with Crippen LogP contribution in [0, 0.1) is 0 Å². The molecule has 0 spiro atoms. The van der Waals surface area contributed by atoms with E-state index in [9.17, 15) is 9.59 Å². The average Bonchev–Trinajstić information content (AvgIpc) is 2.82. The Labute approximate surface area is 124 Å². The SMILES string of the molecule is NC(=O)COc1cccc(NC(=O)Cc2csc(N)n2)c1. The van der Waals surface area contributed by atoms with Gasteiger partial charge in [0, 0.05) is 17.1 Å². The highest BCUT2D eigenvalue weighted by Crippen LogP contribution is 2.18. The van der Waals surface area contributed by atoms with E-state index in [2.05, 4.69) is 10.3 Å². The van der Waals surface area contributed by atoms with Crippen LogP contribution < -0.4 is 21.5 Å². The maximum Gasteiger partial charge on any atom is 0.255 e. The van der Waals surface area contributed by atoms with E-state index in [0.717, 1.165) is 0 Å². The predicted molar refractivity (Wildman–Crippen MR) is 80.0 cm³/mol. The summed E-state index contributed by atoms with van der Waals surface area (Å²) in [4.78, 5) is 26.5. The van der Waals surface area contributed by atoms with Crippen LogP contribution in [0.4, 0.5) is 10.8 Å². The molecule has 0 bridgehead atoms. The van der Waals surface area contributed by atoms with Crippen molar-refractivity contribution in [3.05, 3.63) is 35.3 Å². The summed E-state index contributed by atoms with van der Waals surface area (Å²) < 4.78 is 5.16. The van der Waals surface area contributed by atoms with Crippen LogP contribution in [0.1, 0.15) is 5.69 Å². The lowest BCUT2D eigenvalue weighted by Gasteiger charge is -2.07. The molecule has 0 aliphatic carbocycles. The van der Waals surface area contributed by atoms with Crippen molar-refractivity contribution in [1.82, 2.24) is 4.98 Å². The van der Waals surface area contributed by atoms with Crippen LogP contribution in [0.2, 0.25) is 0 Å². The molecule has 1 aromatic carbocycles. The fraction of sp³-hybridized carbons (Fsp3) is 0.154. The molecule has 0 atom stereocenters. The number of carbonyl (C=O) groups excluding carboxylic acids is 2. The number of anilines is 2. The van der Waals surface area contributed by atoms with Crippen LogP contribution in [-0.2, 0) is 16.0 Å². The summed E-state index contributed by atoms with van der Waals surface area (Å²) in [6.45, 7) is -0.213. The van der Waals surface area contributed by atoms with Gasteiger partial charge in [-0.3, -0.25) is 9.59 Å². The summed E-state index contributed by atoms with van der Waals surface area (Å²) in [5, 5.41) is 4.88. The highest BCUT2D eigenvalue weighted by Gasteiger charge is 2.08. The Morgan fingerprint density at radius 2 is 2.19 bits per heavy atom. The van der Waals surface area contributed by atoms with Crippen molar-refractivity contribution in [2.24, 2.45) is 5.73 Å². The zero-order valence-electron chi connectivity index (χ0n) is 11.0. The summed E-state index contributed by atoms with van der Waals surface area (Å²) in [5.41, 5.74) is 11.7. The van der Waals surface area contributed by atoms with Crippen molar-refractivity contribution in [2.45, 2.75) is 6.42 Å². The quantitative estimate of drug-likeness (QED) is 0.728. The number of thiazole rings is 1. The summed E-state index contributed by atoms with van der Waals surface area (Å²) in [6, 6.07) is 6.69. The molecule has 0 radical (unpaired) electrons. The summed E-state index contributed by atoms with van der Waals surface area (Å²) in [5.74, 6) is -0.331. The van der Waals surface area contributed by atoms with E-state index >= 15 is 0 Å². The predicted octanol–water partition coefficient (Wildman–Crippen LogP) is 0.771. The molecular weight excluding hydrogens is 292 g/mol. The van der Waals surface area contributed by atoms with E-state index in [1.165, 1.54) is 11.3 Å². The van der Waals surface area contributed by atoms with Crippen molar-refractivity contribution < 1.29 is 14.3 Å². The number of nitrogens with two attached hydrogens (primary N) is 2. The number of hydrogen-bond donors (Lipinski definition) is 3. The Hall–Kier alpha value is -2.61. The van der Waals surface area contributed by atoms with Gasteiger partial charge in [-0.25, -0.2) is 4.98 Å². The minimum Gasteiger partial charge on any atom is -0.484 e. The van der Waals surface area contributed by atoms with Gasteiger partial charge in [-0.05, 0) is 12.1 Å². The number of amides is 2. The molecule has 0 saturated heterocycles. The number of primary amides is 1. The van der Waals surface area contributed by atoms with Crippen LogP contribution in [-0.4, -0.2) is 23.4 Å². The van der Waals surface area contributed by atoms with Gasteiger partial charge in [0.1, 0.15) is 5.75 Å². The first-order valence-electron chi connectivity index (χ1n) is 6.04. The number of ether oxygens (including phenoxy) is 1. The lowest BCUT2D eigenvalue weighted by atomic mass is 10.2. The molecule has 2 amide bonds. The Morgan fingerprint density at radius 3 is 2.86 bits per heavy atom. The fourth-order valence-electron chi connectivity index (χ4n) is 1.59. The smallest absolute Gasteiger partial charge is 0.255 e. The van der Waals surface area contributed by atoms with Crippen molar-refractivity contribution in [1.29, 1.82) is 0 Å². The van der Waals surface area contributed by atoms with Gasteiger partial charge in [-0.1, -0.05) is 6.07 Å². The van der Waals surface area contributed by atoms with Gasteiger partial charge in [-0.15, -0.1) is 11.3 Å². The van der Waals surface area contributed by atoms with Crippen molar-refractivity contribution in [3.63, 3.8) is 0 Å². The number of nitrogen functional groups attached to an aromatic ring is 1. The molecule has 1 aromatic heterocycles. The summed E-state index contributed by atoms with van der Waals surface area (Å²) >= 11 is 1.29. The van der Waals surface area contributed by atoms with Crippen molar-refractivity contribution in [3.8, 4) is 5.75 Å². The van der Waals surface area contributed by atoms with Crippen molar-refractivity contribution >= 4 is 34.0 Å². The minimum atomic E-state index is -0.564. The molecule has 0 aliphatic heterocycles. The van der Waals surface area contributed by atoms with Gasteiger partial charge in [0.2, 0.25) is 5.91 Å². The van der Waals surface area contributed by atoms with Crippen LogP contribution in [0.25, 0.3) is 0 Å². The normalized spacial score (nSPS) is 10.1. The highest BCUT2D eigenvalue weighted by atomic mass is 32.1. The van der Waals surface area contributed by atoms with E-state index in [1.807, 2.05) is 0 Å². The first-order valence-corrected chi connectivity index (χ1v) is 6.92. The number of carbonyl (C=O) groups is 2. The van der Waals surface area contributed by atoms with Crippen LogP contribution >= 0.6 is 11.3 Å². The van der Waals surface area contributed by atoms with E-state index in [4.69, 9.17) is 16.2 Å². The molecule has 21 heavy (non-hydrogen) atoms. The molecule has 0 unspecified atom stereocenters. The van der Waals surface area contributed by atoms with Gasteiger partial charge >= 0.3 is 0 Å². The Balaban J connectivity index is 1.94. The maximum absolute atomic E-state index is 11.9. The Morgan fingerprint density at radius 1 is 1.38 bits per heavy atom. The Kier molecular flexibility index (Phi) is 4.72. The molecule has 5 N–H and O–H groups in total. The monoisotopic (exact) mass is 306 g/mol. The second-order valence-corrected chi connectivity index (χ2v) is 5.07. The average molecular weight is 306 g/mol. The van der Waals surface area contributed by atoms with Gasteiger partial charge in [0.25, 0.3) is 5.91 Å². The summed E-state index contributed by atoms with van der Waals surface area (Å²) in [7, 11) is 0. The molecule has 0 aliphatic rings. The third-order valence-corrected chi connectivity index (χ3v) is 3.13. The van der Waals surface area contributed by atoms with Gasteiger partial charge in [0.05, 0.1) is 12.1 Å². The zero-order chi connectivity index (χ0) is 15.2. The molecule has 0 fully saturated rings. The number of nitrogens with zero attached hydrogens (tertiary/aromatic N) is 1. The number of hydrogen-bond acceptors (Lipinski definition) is 6. The van der Waals surface area contributed by atoms with Crippen LogP contribution in [0.3, 0.4) is 0 Å². The molecule has 2 rings (SSSR count). The third-order valence-electron chi connectivity index (χ3n) is 2.41. The highest BCUT2D eigenvalue weighted by molar-refractivity contribution is 7.13. The van der Waals surface area contributed by atoms with Crippen molar-refractivity contribution in [2.75, 3.05) is 17.7 Å². The molecular formula is C13H14N4O3S. The van der Waals surface area contributed by atoms with Gasteiger partial charge in [-0.2, -0.15) is 0 Å². The molecule has 8 heteroatoms.